The van der Waals surface area contributed by atoms with Crippen LogP contribution in [-0.2, 0) is 23.7 Å². The van der Waals surface area contributed by atoms with Crippen molar-refractivity contribution in [3.05, 3.63) is 63.7 Å². The molecule has 26 heteroatoms. The third kappa shape index (κ3) is 6.57. The maximum atomic E-state index is 14.6. The number of phenolic OH excluding ortho intramolecular Hbond substituents is 15. The van der Waals surface area contributed by atoms with Crippen molar-refractivity contribution in [1.29, 1.82) is 0 Å². The molecule has 16 N–H and O–H groups in total. The van der Waals surface area contributed by atoms with Crippen LogP contribution < -0.4 is 0 Å². The number of carbonyl (C=O) groups excluding carboxylic acids is 5. The van der Waals surface area contributed by atoms with Gasteiger partial charge >= 0.3 is 29.8 Å². The van der Waals surface area contributed by atoms with Crippen LogP contribution in [0.5, 0.6) is 86.2 Å². The minimum Gasteiger partial charge on any atom is -0.504 e. The van der Waals surface area contributed by atoms with Gasteiger partial charge in [0.1, 0.15) is 12.7 Å². The number of esters is 5. The van der Waals surface area contributed by atoms with E-state index in [1.165, 1.54) is 0 Å². The van der Waals surface area contributed by atoms with Crippen molar-refractivity contribution < 1.29 is 129 Å². The summed E-state index contributed by atoms with van der Waals surface area (Å²) in [6.45, 7) is -1.50. The van der Waals surface area contributed by atoms with Crippen molar-refractivity contribution in [1.82, 2.24) is 0 Å². The van der Waals surface area contributed by atoms with Gasteiger partial charge in [-0.15, -0.1) is 0 Å². The highest BCUT2D eigenvalue weighted by molar-refractivity contribution is 6.11. The van der Waals surface area contributed by atoms with Gasteiger partial charge in [0.15, 0.2) is 87.7 Å². The molecule has 5 aromatic carbocycles. The summed E-state index contributed by atoms with van der Waals surface area (Å²) in [5.74, 6) is -29.6. The number of fused-ring (bicyclic) bond motifs is 6. The van der Waals surface area contributed by atoms with E-state index in [9.17, 15) is 106 Å². The lowest BCUT2D eigenvalue weighted by Gasteiger charge is -2.40. The second-order valence-corrected chi connectivity index (χ2v) is 14.7. The summed E-state index contributed by atoms with van der Waals surface area (Å²) >= 11 is 0. The van der Waals surface area contributed by atoms with E-state index in [-0.39, 0.29) is 0 Å². The number of aliphatic hydroxyl groups excluding tert-OH is 1. The molecule has 4 heterocycles. The number of aliphatic hydroxyl groups is 1. The normalized spacial score (nSPS) is 19.9. The smallest absolute Gasteiger partial charge is 0.339 e. The molecule has 0 fully saturated rings. The van der Waals surface area contributed by atoms with Crippen LogP contribution in [0.4, 0.5) is 0 Å². The molecule has 4 aliphatic heterocycles. The van der Waals surface area contributed by atoms with Gasteiger partial charge in [0, 0.05) is 27.8 Å². The van der Waals surface area contributed by atoms with Crippen LogP contribution in [0.15, 0.2) is 30.3 Å². The van der Waals surface area contributed by atoms with Crippen LogP contribution >= 0.6 is 0 Å². The molecule has 2 unspecified atom stereocenters. The summed E-state index contributed by atoms with van der Waals surface area (Å²) in [6.07, 6.45) is -13.4. The van der Waals surface area contributed by atoms with Gasteiger partial charge < -0.3 is 105 Å². The zero-order valence-corrected chi connectivity index (χ0v) is 32.7. The lowest BCUT2D eigenvalue weighted by molar-refractivity contribution is -0.154. The van der Waals surface area contributed by atoms with Crippen LogP contribution in [0.1, 0.15) is 63.5 Å². The van der Waals surface area contributed by atoms with Crippen molar-refractivity contribution >= 4 is 29.8 Å². The summed E-state index contributed by atoms with van der Waals surface area (Å²) in [5, 5.41) is 172. The molecule has 9 rings (SSSR count). The Balaban J connectivity index is 1.42. The van der Waals surface area contributed by atoms with Gasteiger partial charge in [0.05, 0.1) is 27.8 Å². The molecule has 4 bridgehead atoms. The summed E-state index contributed by atoms with van der Waals surface area (Å²) < 4.78 is 27.6. The fourth-order valence-corrected chi connectivity index (χ4v) is 7.72. The Bertz CT molecular complexity index is 3060. The summed E-state index contributed by atoms with van der Waals surface area (Å²) in [6, 6.07) is 2.15. The zero-order chi connectivity index (χ0) is 49.0. The standard InChI is InChI=1S/C41H28O26/c42-11-1-7(2-12(43)23(11)47)37(58)64-16-6-63-38(59)8-3-13(44)24(48)27(51)17(8)18-9(4-14(45)25(49)28(18)52)39(60)65-34(16)36-35-32(56)22-21(41(62)66-35)20(30(54)33(57)31(22)55)19-10(40(61)67-36)5-15(46)26(50)29(19)53/h1-5,16,32,34-36,42-57H,6H2/t16?,32-,34+,35?,36-/m0/s1. The lowest BCUT2D eigenvalue weighted by Crippen LogP contribution is -2.56. The molecule has 5 atom stereocenters. The Morgan fingerprint density at radius 1 is 0.433 bits per heavy atom. The van der Waals surface area contributed by atoms with Gasteiger partial charge in [-0.2, -0.15) is 0 Å². The molecule has 0 radical (unpaired) electrons. The molecule has 348 valence electrons. The van der Waals surface area contributed by atoms with E-state index in [1.807, 2.05) is 0 Å². The first-order valence-electron chi connectivity index (χ1n) is 18.6. The highest BCUT2D eigenvalue weighted by atomic mass is 16.6. The second-order valence-electron chi connectivity index (χ2n) is 14.7. The first kappa shape index (κ1) is 44.0. The Hall–Kier alpha value is -9.59. The topological polar surface area (TPSA) is 455 Å². The number of phenols is 15. The van der Waals surface area contributed by atoms with Gasteiger partial charge in [-0.25, -0.2) is 24.0 Å². The number of benzene rings is 5. The molecular formula is C41H28O26. The van der Waals surface area contributed by atoms with Crippen molar-refractivity contribution in [2.75, 3.05) is 6.61 Å². The Labute approximate surface area is 368 Å². The Morgan fingerprint density at radius 3 is 1.33 bits per heavy atom. The highest BCUT2D eigenvalue weighted by Gasteiger charge is 2.54. The van der Waals surface area contributed by atoms with Gasteiger partial charge in [-0.3, -0.25) is 0 Å². The van der Waals surface area contributed by atoms with Gasteiger partial charge in [-0.1, -0.05) is 0 Å². The lowest BCUT2D eigenvalue weighted by atomic mass is 9.82. The number of cyclic esters (lactones) is 2. The molecule has 0 saturated carbocycles. The zero-order valence-electron chi connectivity index (χ0n) is 32.7. The average molecular weight is 937 g/mol. The van der Waals surface area contributed by atoms with E-state index in [0.29, 0.717) is 30.3 Å². The van der Waals surface area contributed by atoms with Crippen LogP contribution in [0.25, 0.3) is 22.3 Å². The largest absolute Gasteiger partial charge is 0.504 e. The minimum atomic E-state index is -2.79. The average Bonchev–Trinajstić information content (AvgIpc) is 3.29. The minimum absolute atomic E-state index is 0.331. The second kappa shape index (κ2) is 15.3. The number of carbonyl (C=O) groups is 5. The molecular weight excluding hydrogens is 908 g/mol. The molecule has 0 aliphatic carbocycles. The predicted octanol–water partition coefficient (Wildman–Crippen LogP) is 1.34. The van der Waals surface area contributed by atoms with E-state index < -0.39 is 209 Å². The maximum absolute atomic E-state index is 14.6. The van der Waals surface area contributed by atoms with Crippen LogP contribution in [0, 0.1) is 0 Å². The summed E-state index contributed by atoms with van der Waals surface area (Å²) in [4.78, 5) is 70.9. The maximum Gasteiger partial charge on any atom is 0.339 e. The summed E-state index contributed by atoms with van der Waals surface area (Å²) in [7, 11) is 0. The quantitative estimate of drug-likeness (QED) is 0.0689. The van der Waals surface area contributed by atoms with Gasteiger partial charge in [0.25, 0.3) is 0 Å². The fourth-order valence-electron chi connectivity index (χ4n) is 7.72. The molecule has 0 aromatic heterocycles. The third-order valence-electron chi connectivity index (χ3n) is 10.9. The Morgan fingerprint density at radius 2 is 0.836 bits per heavy atom. The summed E-state index contributed by atoms with van der Waals surface area (Å²) in [5.41, 5.74) is -11.0. The van der Waals surface area contributed by atoms with Crippen LogP contribution in [0.3, 0.4) is 0 Å². The van der Waals surface area contributed by atoms with E-state index in [2.05, 4.69) is 0 Å². The van der Waals surface area contributed by atoms with Gasteiger partial charge in [-0.05, 0) is 30.3 Å². The molecule has 0 saturated heterocycles. The fraction of sp³-hybridized carbons (Fsp3) is 0.146. The predicted molar refractivity (Wildman–Crippen MR) is 207 cm³/mol. The van der Waals surface area contributed by atoms with E-state index in [0.717, 1.165) is 0 Å². The van der Waals surface area contributed by atoms with E-state index >= 15 is 0 Å². The molecule has 67 heavy (non-hydrogen) atoms. The third-order valence-corrected chi connectivity index (χ3v) is 10.9. The number of rotatable bonds is 3. The molecule has 0 amide bonds. The SMILES string of the molecule is O=C(OC1COC(=O)c2cc(O)c(O)c(O)c2-c2c(cc(O)c(O)c2O)C(=O)O[C@H]1[C@@H]1OC(=O)c2cc(O)c(O)c(O)c2-c2c(O)c(O)c(O)c3c2C(=O)OC1[C@H]3O)c1cc(O)c(O)c(O)c1. The van der Waals surface area contributed by atoms with Crippen molar-refractivity contribution in [3.63, 3.8) is 0 Å². The molecule has 26 nitrogen and oxygen atoms in total. The number of hydrogen-bond acceptors (Lipinski definition) is 26. The van der Waals surface area contributed by atoms with Crippen molar-refractivity contribution in [2.24, 2.45) is 0 Å². The monoisotopic (exact) mass is 936 g/mol. The van der Waals surface area contributed by atoms with Crippen LogP contribution in [-0.4, -0.2) is 143 Å². The first-order valence-corrected chi connectivity index (χ1v) is 18.6. The number of aromatic hydroxyl groups is 15. The first-order chi connectivity index (χ1) is 31.5. The highest BCUT2D eigenvalue weighted by Crippen LogP contribution is 2.58. The Kier molecular flexibility index (Phi) is 10.1. The van der Waals surface area contributed by atoms with E-state index in [4.69, 9.17) is 23.7 Å². The van der Waals surface area contributed by atoms with E-state index in [1.54, 1.807) is 0 Å². The number of ether oxygens (including phenoxy) is 5. The van der Waals surface area contributed by atoms with Gasteiger partial charge in [0.2, 0.25) is 23.0 Å². The molecule has 5 aromatic rings. The number of hydrogen-bond donors (Lipinski definition) is 16. The van der Waals surface area contributed by atoms with Crippen LogP contribution in [0.2, 0.25) is 0 Å². The molecule has 4 aliphatic rings. The molecule has 0 spiro atoms. The van der Waals surface area contributed by atoms with Crippen molar-refractivity contribution in [3.8, 4) is 108 Å². The van der Waals surface area contributed by atoms with Crippen molar-refractivity contribution in [2.45, 2.75) is 30.5 Å².